The summed E-state index contributed by atoms with van der Waals surface area (Å²) in [5, 5.41) is 0. The van der Waals surface area contributed by atoms with E-state index < -0.39 is 10.0 Å². The van der Waals surface area contributed by atoms with Gasteiger partial charge < -0.3 is 9.80 Å². The molecular formula is C21H29N3O3S. The molecule has 1 aromatic rings. The van der Waals surface area contributed by atoms with Gasteiger partial charge in [-0.3, -0.25) is 4.79 Å². The number of sulfonamides is 1. The summed E-state index contributed by atoms with van der Waals surface area (Å²) in [6.07, 6.45) is 6.65. The van der Waals surface area contributed by atoms with Crippen molar-refractivity contribution in [3.05, 3.63) is 59.6 Å². The summed E-state index contributed by atoms with van der Waals surface area (Å²) < 4.78 is 25.7. The predicted octanol–water partition coefficient (Wildman–Crippen LogP) is 3.16. The maximum absolute atomic E-state index is 12.9. The molecule has 0 unspecified atom stereocenters. The van der Waals surface area contributed by atoms with Crippen LogP contribution in [0.3, 0.4) is 0 Å². The summed E-state index contributed by atoms with van der Waals surface area (Å²) in [6.45, 7) is 7.44. The number of likely N-dealkylation sites (N-methyl/N-ethyl adjacent to an activating group) is 1. The molecule has 0 radical (unpaired) electrons. The molecule has 1 fully saturated rings. The molecule has 0 saturated carbocycles. The van der Waals surface area contributed by atoms with Gasteiger partial charge in [0.1, 0.15) is 0 Å². The highest BCUT2D eigenvalue weighted by Gasteiger charge is 2.22. The summed E-state index contributed by atoms with van der Waals surface area (Å²) in [7, 11) is 1.08. The number of anilines is 2. The van der Waals surface area contributed by atoms with Crippen LogP contribution in [0.5, 0.6) is 0 Å². The highest BCUT2D eigenvalue weighted by atomic mass is 32.2. The van der Waals surface area contributed by atoms with Crippen LogP contribution < -0.4 is 9.80 Å². The van der Waals surface area contributed by atoms with Crippen LogP contribution in [-0.4, -0.2) is 52.9 Å². The first-order chi connectivity index (χ1) is 13.2. The number of carbonyl (C=O) groups excluding carboxylic acids is 1. The molecule has 1 aromatic carbocycles. The standard InChI is InChI=1S/C21H29N3O3S/c1-6-18(28(26,27)22(3)4)14-13-17(2)21(25)23(5)19-11-7-8-12-20(19)24-15-9-10-16-24/h6-8,11-14H,2,9-10,15-16H2,1,3-5H3/b14-13-,18-6+. The minimum Gasteiger partial charge on any atom is -0.370 e. The van der Waals surface area contributed by atoms with E-state index >= 15 is 0 Å². The maximum atomic E-state index is 12.9. The van der Waals surface area contributed by atoms with E-state index in [2.05, 4.69) is 11.5 Å². The Balaban J connectivity index is 2.21. The molecule has 1 amide bonds. The van der Waals surface area contributed by atoms with Crippen molar-refractivity contribution in [2.24, 2.45) is 0 Å². The van der Waals surface area contributed by atoms with E-state index in [1.54, 1.807) is 18.9 Å². The number of para-hydroxylation sites is 2. The molecule has 28 heavy (non-hydrogen) atoms. The van der Waals surface area contributed by atoms with Crippen LogP contribution in [-0.2, 0) is 14.8 Å². The van der Waals surface area contributed by atoms with Crippen LogP contribution in [0.1, 0.15) is 19.8 Å². The first-order valence-corrected chi connectivity index (χ1v) is 10.7. The molecule has 1 heterocycles. The Labute approximate surface area is 168 Å². The molecule has 1 aliphatic rings. The normalized spacial score (nSPS) is 15.5. The van der Waals surface area contributed by atoms with Crippen LogP contribution in [0, 0.1) is 0 Å². The average molecular weight is 404 g/mol. The first-order valence-electron chi connectivity index (χ1n) is 9.28. The van der Waals surface area contributed by atoms with Crippen LogP contribution in [0.2, 0.25) is 0 Å². The second-order valence-corrected chi connectivity index (χ2v) is 9.04. The van der Waals surface area contributed by atoms with E-state index in [0.717, 1.165) is 41.6 Å². The number of carbonyl (C=O) groups is 1. The zero-order valence-electron chi connectivity index (χ0n) is 17.1. The van der Waals surface area contributed by atoms with E-state index in [1.165, 1.54) is 32.3 Å². The molecule has 0 bridgehead atoms. The van der Waals surface area contributed by atoms with Crippen molar-refractivity contribution in [3.63, 3.8) is 0 Å². The second kappa shape index (κ2) is 9.21. The van der Waals surface area contributed by atoms with E-state index in [-0.39, 0.29) is 16.4 Å². The fourth-order valence-electron chi connectivity index (χ4n) is 3.09. The van der Waals surface area contributed by atoms with Crippen molar-refractivity contribution in [2.75, 3.05) is 44.0 Å². The lowest BCUT2D eigenvalue weighted by molar-refractivity contribution is -0.114. The van der Waals surface area contributed by atoms with Gasteiger partial charge in [-0.15, -0.1) is 0 Å². The molecule has 1 aliphatic heterocycles. The smallest absolute Gasteiger partial charge is 0.257 e. The Morgan fingerprint density at radius 2 is 1.71 bits per heavy atom. The van der Waals surface area contributed by atoms with Gasteiger partial charge in [0.2, 0.25) is 10.0 Å². The molecule has 6 nitrogen and oxygen atoms in total. The summed E-state index contributed by atoms with van der Waals surface area (Å²) in [4.78, 5) is 16.8. The molecule has 7 heteroatoms. The molecule has 2 rings (SSSR count). The number of hydrogen-bond acceptors (Lipinski definition) is 4. The topological polar surface area (TPSA) is 60.9 Å². The number of nitrogens with zero attached hydrogens (tertiary/aromatic N) is 3. The second-order valence-electron chi connectivity index (χ2n) is 6.88. The Hall–Kier alpha value is -2.38. The molecule has 0 spiro atoms. The molecule has 1 saturated heterocycles. The van der Waals surface area contributed by atoms with Gasteiger partial charge >= 0.3 is 0 Å². The lowest BCUT2D eigenvalue weighted by Crippen LogP contribution is -2.29. The number of hydrogen-bond donors (Lipinski definition) is 0. The number of rotatable bonds is 7. The predicted molar refractivity (Wildman–Crippen MR) is 116 cm³/mol. The van der Waals surface area contributed by atoms with Gasteiger partial charge in [0.25, 0.3) is 5.91 Å². The van der Waals surface area contributed by atoms with Gasteiger partial charge in [-0.05, 0) is 44.1 Å². The fourth-order valence-corrected chi connectivity index (χ4v) is 4.05. The summed E-state index contributed by atoms with van der Waals surface area (Å²) >= 11 is 0. The molecule has 0 atom stereocenters. The van der Waals surface area contributed by atoms with Gasteiger partial charge in [0.05, 0.1) is 16.3 Å². The van der Waals surface area contributed by atoms with E-state index in [1.807, 2.05) is 24.3 Å². The third-order valence-electron chi connectivity index (χ3n) is 4.78. The number of allylic oxidation sites excluding steroid dienone is 2. The van der Waals surface area contributed by atoms with Crippen LogP contribution in [0.4, 0.5) is 11.4 Å². The Bertz CT molecular complexity index is 895. The van der Waals surface area contributed by atoms with Gasteiger partial charge in [-0.1, -0.05) is 24.8 Å². The van der Waals surface area contributed by atoms with E-state index in [4.69, 9.17) is 0 Å². The highest BCUT2D eigenvalue weighted by Crippen LogP contribution is 2.31. The minimum atomic E-state index is -3.57. The molecule has 152 valence electrons. The molecule has 0 aliphatic carbocycles. The van der Waals surface area contributed by atoms with Crippen LogP contribution >= 0.6 is 0 Å². The van der Waals surface area contributed by atoms with Crippen molar-refractivity contribution in [1.82, 2.24) is 4.31 Å². The molecule has 0 N–H and O–H groups in total. The van der Waals surface area contributed by atoms with E-state index in [9.17, 15) is 13.2 Å². The molecule has 0 aromatic heterocycles. The minimum absolute atomic E-state index is 0.117. The number of benzene rings is 1. The molecular weight excluding hydrogens is 374 g/mol. The quantitative estimate of drug-likeness (QED) is 0.518. The van der Waals surface area contributed by atoms with Crippen molar-refractivity contribution in [1.29, 1.82) is 0 Å². The Morgan fingerprint density at radius 1 is 1.11 bits per heavy atom. The first kappa shape index (κ1) is 21.9. The Morgan fingerprint density at radius 3 is 2.29 bits per heavy atom. The Kier molecular flexibility index (Phi) is 7.21. The lowest BCUT2D eigenvalue weighted by atomic mass is 10.2. The van der Waals surface area contributed by atoms with Crippen molar-refractivity contribution in [3.8, 4) is 0 Å². The zero-order chi connectivity index (χ0) is 20.9. The average Bonchev–Trinajstić information content (AvgIpc) is 3.21. The van der Waals surface area contributed by atoms with Gasteiger partial charge in [0.15, 0.2) is 0 Å². The summed E-state index contributed by atoms with van der Waals surface area (Å²) in [5.41, 5.74) is 2.06. The summed E-state index contributed by atoms with van der Waals surface area (Å²) in [5.74, 6) is -0.277. The number of amides is 1. The van der Waals surface area contributed by atoms with Gasteiger partial charge in [-0.2, -0.15) is 0 Å². The zero-order valence-corrected chi connectivity index (χ0v) is 17.9. The highest BCUT2D eigenvalue weighted by molar-refractivity contribution is 7.93. The lowest BCUT2D eigenvalue weighted by Gasteiger charge is -2.26. The third kappa shape index (κ3) is 4.72. The largest absolute Gasteiger partial charge is 0.370 e. The van der Waals surface area contributed by atoms with Crippen molar-refractivity contribution >= 4 is 27.3 Å². The maximum Gasteiger partial charge on any atom is 0.257 e. The SMILES string of the molecule is C=C(/C=C\C(=C/C)S(=O)(=O)N(C)C)C(=O)N(C)c1ccccc1N1CCCC1. The third-order valence-corrected chi connectivity index (χ3v) is 6.71. The van der Waals surface area contributed by atoms with Crippen LogP contribution in [0.15, 0.2) is 59.6 Å². The fraction of sp³-hybridized carbons (Fsp3) is 0.381. The van der Waals surface area contributed by atoms with E-state index in [0.29, 0.717) is 0 Å². The summed E-state index contributed by atoms with van der Waals surface area (Å²) in [6, 6.07) is 7.80. The monoisotopic (exact) mass is 403 g/mol. The van der Waals surface area contributed by atoms with Gasteiger partial charge in [-0.25, -0.2) is 12.7 Å². The van der Waals surface area contributed by atoms with Crippen LogP contribution in [0.25, 0.3) is 0 Å². The van der Waals surface area contributed by atoms with Gasteiger partial charge in [0, 0.05) is 39.8 Å². The van der Waals surface area contributed by atoms with Crippen molar-refractivity contribution < 1.29 is 13.2 Å². The van der Waals surface area contributed by atoms with Crippen molar-refractivity contribution in [2.45, 2.75) is 19.8 Å².